The number of rotatable bonds is 7. The van der Waals surface area contributed by atoms with E-state index in [1.54, 1.807) is 0 Å². The standard InChI is InChI=1S/C11H23N3O/c1-9(2)5-7-14(10-3-4-10)8-6-11(12)13-15/h9-10,15H,3-8H2,1-2H3,(H2,12,13). The van der Waals surface area contributed by atoms with E-state index in [1.165, 1.54) is 19.3 Å². The molecule has 0 atom stereocenters. The second-order valence-corrected chi connectivity index (χ2v) is 4.79. The molecule has 0 saturated heterocycles. The molecule has 1 aliphatic carbocycles. The smallest absolute Gasteiger partial charge is 0.140 e. The molecule has 1 fully saturated rings. The maximum Gasteiger partial charge on any atom is 0.140 e. The van der Waals surface area contributed by atoms with Gasteiger partial charge in [0.25, 0.3) is 0 Å². The van der Waals surface area contributed by atoms with Crippen LogP contribution < -0.4 is 5.73 Å². The van der Waals surface area contributed by atoms with Crippen molar-refractivity contribution in [3.63, 3.8) is 0 Å². The Hall–Kier alpha value is -0.770. The minimum Gasteiger partial charge on any atom is -0.409 e. The molecule has 0 bridgehead atoms. The summed E-state index contributed by atoms with van der Waals surface area (Å²) >= 11 is 0. The highest BCUT2D eigenvalue weighted by atomic mass is 16.4. The molecular formula is C11H23N3O. The predicted octanol–water partition coefficient (Wildman–Crippen LogP) is 1.63. The number of oxime groups is 1. The summed E-state index contributed by atoms with van der Waals surface area (Å²) < 4.78 is 0. The first kappa shape index (κ1) is 12.3. The normalized spacial score (nSPS) is 17.7. The highest BCUT2D eigenvalue weighted by Gasteiger charge is 2.28. The first-order valence-electron chi connectivity index (χ1n) is 5.84. The summed E-state index contributed by atoms with van der Waals surface area (Å²) in [6, 6.07) is 0.759. The summed E-state index contributed by atoms with van der Waals surface area (Å²) in [7, 11) is 0. The Kier molecular flexibility index (Phi) is 4.88. The monoisotopic (exact) mass is 213 g/mol. The Bertz CT molecular complexity index is 212. The average Bonchev–Trinajstić information content (AvgIpc) is 3.00. The van der Waals surface area contributed by atoms with Gasteiger partial charge in [0.15, 0.2) is 0 Å². The lowest BCUT2D eigenvalue weighted by atomic mass is 10.1. The SMILES string of the molecule is CC(C)CCN(CCC(N)=NO)C1CC1. The van der Waals surface area contributed by atoms with Gasteiger partial charge >= 0.3 is 0 Å². The molecule has 3 N–H and O–H groups in total. The molecule has 0 amide bonds. The van der Waals surface area contributed by atoms with Gasteiger partial charge in [-0.05, 0) is 31.7 Å². The third-order valence-corrected chi connectivity index (χ3v) is 2.84. The van der Waals surface area contributed by atoms with Gasteiger partial charge in [0.05, 0.1) is 0 Å². The maximum atomic E-state index is 8.46. The van der Waals surface area contributed by atoms with Crippen LogP contribution in [0.15, 0.2) is 5.16 Å². The predicted molar refractivity (Wildman–Crippen MR) is 62.1 cm³/mol. The van der Waals surface area contributed by atoms with E-state index >= 15 is 0 Å². The molecule has 0 radical (unpaired) electrons. The van der Waals surface area contributed by atoms with E-state index < -0.39 is 0 Å². The lowest BCUT2D eigenvalue weighted by molar-refractivity contribution is 0.252. The van der Waals surface area contributed by atoms with Crippen LogP contribution in [0.2, 0.25) is 0 Å². The molecule has 0 aliphatic heterocycles. The zero-order valence-electron chi connectivity index (χ0n) is 9.82. The number of hydrogen-bond acceptors (Lipinski definition) is 3. The summed E-state index contributed by atoms with van der Waals surface area (Å²) in [5.74, 6) is 1.08. The third kappa shape index (κ3) is 5.02. The fourth-order valence-electron chi connectivity index (χ4n) is 1.65. The van der Waals surface area contributed by atoms with Gasteiger partial charge in [0, 0.05) is 19.0 Å². The molecule has 0 aromatic heterocycles. The highest BCUT2D eigenvalue weighted by Crippen LogP contribution is 2.27. The van der Waals surface area contributed by atoms with Crippen LogP contribution in [0.3, 0.4) is 0 Å². The van der Waals surface area contributed by atoms with Crippen LogP contribution in [-0.4, -0.2) is 35.1 Å². The van der Waals surface area contributed by atoms with Crippen molar-refractivity contribution >= 4 is 5.84 Å². The molecule has 0 unspecified atom stereocenters. The van der Waals surface area contributed by atoms with E-state index in [0.717, 1.165) is 25.0 Å². The summed E-state index contributed by atoms with van der Waals surface area (Å²) in [6.45, 7) is 6.55. The molecule has 0 heterocycles. The Morgan fingerprint density at radius 1 is 1.47 bits per heavy atom. The summed E-state index contributed by atoms with van der Waals surface area (Å²) in [6.07, 6.45) is 4.53. The molecule has 0 spiro atoms. The van der Waals surface area contributed by atoms with Gasteiger partial charge in [0.2, 0.25) is 0 Å². The minimum atomic E-state index is 0.338. The van der Waals surface area contributed by atoms with E-state index in [0.29, 0.717) is 12.3 Å². The lowest BCUT2D eigenvalue weighted by Gasteiger charge is -2.22. The van der Waals surface area contributed by atoms with Gasteiger partial charge in [-0.1, -0.05) is 19.0 Å². The number of amidine groups is 1. The first-order chi connectivity index (χ1) is 7.13. The minimum absolute atomic E-state index is 0.338. The van der Waals surface area contributed by atoms with Crippen LogP contribution in [0, 0.1) is 5.92 Å². The van der Waals surface area contributed by atoms with E-state index in [9.17, 15) is 0 Å². The van der Waals surface area contributed by atoms with Gasteiger partial charge in [-0.3, -0.25) is 4.90 Å². The molecule has 4 nitrogen and oxygen atoms in total. The van der Waals surface area contributed by atoms with Crippen LogP contribution in [0.4, 0.5) is 0 Å². The first-order valence-corrected chi connectivity index (χ1v) is 5.84. The Balaban J connectivity index is 2.24. The average molecular weight is 213 g/mol. The molecule has 1 saturated carbocycles. The molecule has 1 rings (SSSR count). The highest BCUT2D eigenvalue weighted by molar-refractivity contribution is 5.79. The van der Waals surface area contributed by atoms with Gasteiger partial charge < -0.3 is 10.9 Å². The van der Waals surface area contributed by atoms with E-state index in [4.69, 9.17) is 10.9 Å². The lowest BCUT2D eigenvalue weighted by Crippen LogP contribution is -2.31. The molecular weight excluding hydrogens is 190 g/mol. The Morgan fingerprint density at radius 3 is 2.60 bits per heavy atom. The van der Waals surface area contributed by atoms with Crippen LogP contribution in [0.25, 0.3) is 0 Å². The fraction of sp³-hybridized carbons (Fsp3) is 0.909. The van der Waals surface area contributed by atoms with Gasteiger partial charge in [-0.25, -0.2) is 0 Å². The second kappa shape index (κ2) is 5.95. The number of nitrogens with zero attached hydrogens (tertiary/aromatic N) is 2. The van der Waals surface area contributed by atoms with Crippen molar-refractivity contribution in [3.8, 4) is 0 Å². The molecule has 88 valence electrons. The van der Waals surface area contributed by atoms with Crippen LogP contribution in [0.1, 0.15) is 39.5 Å². The Morgan fingerprint density at radius 2 is 2.13 bits per heavy atom. The van der Waals surface area contributed by atoms with Crippen molar-refractivity contribution in [1.82, 2.24) is 4.90 Å². The van der Waals surface area contributed by atoms with Crippen molar-refractivity contribution in [2.75, 3.05) is 13.1 Å². The molecule has 4 heteroatoms. The van der Waals surface area contributed by atoms with Crippen molar-refractivity contribution in [2.24, 2.45) is 16.8 Å². The maximum absolute atomic E-state index is 8.46. The van der Waals surface area contributed by atoms with Crippen molar-refractivity contribution in [3.05, 3.63) is 0 Å². The quantitative estimate of drug-likeness (QED) is 0.292. The number of hydrogen-bond donors (Lipinski definition) is 2. The van der Waals surface area contributed by atoms with Gasteiger partial charge in [-0.2, -0.15) is 0 Å². The van der Waals surface area contributed by atoms with Crippen LogP contribution in [-0.2, 0) is 0 Å². The summed E-state index contributed by atoms with van der Waals surface area (Å²) in [5.41, 5.74) is 5.47. The summed E-state index contributed by atoms with van der Waals surface area (Å²) in [4.78, 5) is 2.47. The molecule has 0 aromatic rings. The van der Waals surface area contributed by atoms with Crippen molar-refractivity contribution < 1.29 is 5.21 Å². The molecule has 0 aromatic carbocycles. The van der Waals surface area contributed by atoms with Crippen molar-refractivity contribution in [1.29, 1.82) is 0 Å². The van der Waals surface area contributed by atoms with Gasteiger partial charge in [-0.15, -0.1) is 0 Å². The van der Waals surface area contributed by atoms with Crippen LogP contribution >= 0.6 is 0 Å². The molecule has 15 heavy (non-hydrogen) atoms. The summed E-state index contributed by atoms with van der Waals surface area (Å²) in [5, 5.41) is 11.5. The van der Waals surface area contributed by atoms with Crippen LogP contribution in [0.5, 0.6) is 0 Å². The zero-order chi connectivity index (χ0) is 11.3. The largest absolute Gasteiger partial charge is 0.409 e. The third-order valence-electron chi connectivity index (χ3n) is 2.84. The van der Waals surface area contributed by atoms with E-state index in [1.807, 2.05) is 0 Å². The zero-order valence-corrected chi connectivity index (χ0v) is 9.82. The number of nitrogens with two attached hydrogens (primary N) is 1. The van der Waals surface area contributed by atoms with Crippen molar-refractivity contribution in [2.45, 2.75) is 45.6 Å². The Labute approximate surface area is 92.1 Å². The van der Waals surface area contributed by atoms with Gasteiger partial charge in [0.1, 0.15) is 5.84 Å². The van der Waals surface area contributed by atoms with E-state index in [2.05, 4.69) is 23.9 Å². The topological polar surface area (TPSA) is 61.8 Å². The fourth-order valence-corrected chi connectivity index (χ4v) is 1.65. The van der Waals surface area contributed by atoms with E-state index in [-0.39, 0.29) is 0 Å². The molecule has 1 aliphatic rings. The second-order valence-electron chi connectivity index (χ2n) is 4.79.